The van der Waals surface area contributed by atoms with Crippen LogP contribution in [-0.2, 0) is 19.2 Å². The first-order valence-corrected chi connectivity index (χ1v) is 3.59. The Balaban J connectivity index is -0.0000000383. The molecule has 0 spiro atoms. The first-order chi connectivity index (χ1) is 8.75. The smallest absolute Gasteiger partial charge is 0.871 e. The second kappa shape index (κ2) is 24.3. The van der Waals surface area contributed by atoms with E-state index in [1.807, 2.05) is 0 Å². The molecule has 0 aliphatic heterocycles. The number of aliphatic carboxylic acids is 4. The molecule has 0 heterocycles. The van der Waals surface area contributed by atoms with Crippen molar-refractivity contribution < 1.29 is 107 Å². The molecule has 0 amide bonds. The summed E-state index contributed by atoms with van der Waals surface area (Å²) >= 11 is 0. The van der Waals surface area contributed by atoms with E-state index in [4.69, 9.17) is 69.7 Å². The summed E-state index contributed by atoms with van der Waals surface area (Å²) in [5, 5.41) is 67.5. The maximum Gasteiger partial charge on any atom is 1.00 e. The van der Waals surface area contributed by atoms with Crippen molar-refractivity contribution in [3.05, 3.63) is 0 Å². The van der Waals surface area contributed by atoms with Crippen molar-refractivity contribution in [2.24, 2.45) is 0 Å². The number of hydrogen-bond donors (Lipinski definition) is 7. The van der Waals surface area contributed by atoms with Crippen LogP contribution in [0.5, 0.6) is 0 Å². The molecule has 0 unspecified atom stereocenters. The van der Waals surface area contributed by atoms with E-state index >= 15 is 0 Å². The second-order valence-corrected chi connectivity index (χ2v) is 1.81. The van der Waals surface area contributed by atoms with Gasteiger partial charge in [0.05, 0.1) is 7.32 Å². The molecule has 0 aliphatic carbocycles. The molecular weight excluding hydrogens is 309 g/mol. The quantitative estimate of drug-likeness (QED) is 0.161. The summed E-state index contributed by atoms with van der Waals surface area (Å²) in [4.78, 5) is 45.0. The third-order valence-electron chi connectivity index (χ3n) is 0.366. The number of carboxylic acids is 4. The summed E-state index contributed by atoms with van der Waals surface area (Å²) in [6.07, 6.45) is -1.83. The van der Waals surface area contributed by atoms with Gasteiger partial charge in [-0.1, -0.05) is 0 Å². The molecule has 0 aromatic rings. The second-order valence-electron chi connectivity index (χ2n) is 1.81. The van der Waals surface area contributed by atoms with Gasteiger partial charge in [0, 0.05) is 0 Å². The van der Waals surface area contributed by atoms with Crippen LogP contribution in [0.3, 0.4) is 0 Å². The van der Waals surface area contributed by atoms with Gasteiger partial charge >= 0.3 is 67.8 Å². The first kappa shape index (κ1) is 37.0. The molecule has 14 nitrogen and oxygen atoms in total. The van der Waals surface area contributed by atoms with Gasteiger partial charge in [0.1, 0.15) is 0 Å². The molecule has 116 valence electrons. The zero-order valence-electron chi connectivity index (χ0n) is 11.1. The van der Waals surface area contributed by atoms with Crippen LogP contribution in [0.1, 0.15) is 0 Å². The maximum absolute atomic E-state index is 9.10. The van der Waals surface area contributed by atoms with Gasteiger partial charge in [-0.25, -0.2) is 24.0 Å². The average Bonchev–Trinajstić information content (AvgIpc) is 2.15. The van der Waals surface area contributed by atoms with E-state index in [1.54, 1.807) is 0 Å². The van der Waals surface area contributed by atoms with Crippen molar-refractivity contribution in [1.29, 1.82) is 0 Å². The summed E-state index contributed by atoms with van der Waals surface area (Å²) < 4.78 is 0. The van der Waals surface area contributed by atoms with Crippen LogP contribution in [-0.4, -0.2) is 73.0 Å². The Hall–Kier alpha value is -1.71. The first-order valence-electron chi connectivity index (χ1n) is 3.59. The largest absolute Gasteiger partial charge is 1.00 e. The van der Waals surface area contributed by atoms with E-state index in [0.29, 0.717) is 0 Å². The minimum atomic E-state index is -2.67. The van der Waals surface area contributed by atoms with Crippen molar-refractivity contribution in [3.63, 3.8) is 0 Å². The van der Waals surface area contributed by atoms with E-state index in [9.17, 15) is 0 Å². The minimum absolute atomic E-state index is 0. The van der Waals surface area contributed by atoms with Gasteiger partial charge in [0.2, 0.25) is 0 Å². The molecule has 0 bridgehead atoms. The van der Waals surface area contributed by atoms with Gasteiger partial charge in [0.25, 0.3) is 0 Å². The Morgan fingerprint density at radius 2 is 0.636 bits per heavy atom. The maximum atomic E-state index is 9.10. The summed E-state index contributed by atoms with van der Waals surface area (Å²) in [5.74, 6) is -7.30. The third kappa shape index (κ3) is 138. The Morgan fingerprint density at radius 1 is 0.591 bits per heavy atom. The van der Waals surface area contributed by atoms with Gasteiger partial charge in [0.15, 0.2) is 0 Å². The average molecular weight is 316 g/mol. The van der Waals surface area contributed by atoms with Crippen LogP contribution >= 0.6 is 0 Å². The molecule has 0 fully saturated rings. The normalized spacial score (nSPS) is 6.32. The predicted molar refractivity (Wildman–Crippen MR) is 49.2 cm³/mol. The van der Waals surface area contributed by atoms with E-state index in [2.05, 4.69) is 0 Å². The Morgan fingerprint density at radius 3 is 0.636 bits per heavy atom. The zero-order chi connectivity index (χ0) is 17.5. The molecular formula is C5H7BLi2O14. The fourth-order valence-electron chi connectivity index (χ4n) is 0. The third-order valence-corrected chi connectivity index (χ3v) is 0.366. The van der Waals surface area contributed by atoms with Crippen LogP contribution in [0, 0.1) is 0 Å². The van der Waals surface area contributed by atoms with Crippen LogP contribution in [0.2, 0.25) is 0 Å². The number of carbonyl (C=O) groups is 5. The minimum Gasteiger partial charge on any atom is -0.871 e. The molecule has 0 radical (unpaired) electrons. The van der Waals surface area contributed by atoms with E-state index in [0.717, 1.165) is 0 Å². The zero-order valence-corrected chi connectivity index (χ0v) is 11.1. The van der Waals surface area contributed by atoms with Gasteiger partial charge in [-0.15, -0.1) is 0 Å². The summed E-state index contributed by atoms with van der Waals surface area (Å²) in [6, 6.07) is 0. The van der Waals surface area contributed by atoms with Crippen molar-refractivity contribution in [2.75, 3.05) is 0 Å². The standard InChI is InChI=1S/2C2H2O4.CH2O3.BHO3.2Li/c2*3-1(4)2(5)6;2*2-1(3)4;;/h2*(H,3,4)(H,5,6);(H2,2,3,4);2H;;/q;;;-2;2*+1. The van der Waals surface area contributed by atoms with Crippen LogP contribution in [0.4, 0.5) is 4.79 Å². The molecule has 22 heavy (non-hydrogen) atoms. The summed E-state index contributed by atoms with van der Waals surface area (Å²) in [6.45, 7) is 0. The van der Waals surface area contributed by atoms with Crippen LogP contribution in [0.15, 0.2) is 0 Å². The molecule has 0 saturated carbocycles. The van der Waals surface area contributed by atoms with Crippen molar-refractivity contribution in [2.45, 2.75) is 0 Å². The van der Waals surface area contributed by atoms with E-state index in [-0.39, 0.29) is 37.7 Å². The number of carboxylic acid groups (broad SMARTS) is 6. The molecule has 0 rings (SSSR count). The number of rotatable bonds is 0. The summed E-state index contributed by atoms with van der Waals surface area (Å²) in [7, 11) is -2.67. The Labute approximate surface area is 145 Å². The van der Waals surface area contributed by atoms with E-state index < -0.39 is 37.4 Å². The van der Waals surface area contributed by atoms with Crippen molar-refractivity contribution in [1.82, 2.24) is 0 Å². The number of hydrogen-bond acceptors (Lipinski definition) is 8. The molecule has 0 saturated heterocycles. The molecule has 0 aromatic heterocycles. The van der Waals surface area contributed by atoms with Gasteiger partial charge in [-0.3, -0.25) is 0 Å². The van der Waals surface area contributed by atoms with Crippen LogP contribution < -0.4 is 47.8 Å². The van der Waals surface area contributed by atoms with Gasteiger partial charge in [-0.05, 0) is 0 Å². The Kier molecular flexibility index (Phi) is 40.9. The van der Waals surface area contributed by atoms with Gasteiger partial charge in [-0.2, -0.15) is 0 Å². The molecule has 7 N–H and O–H groups in total. The topological polar surface area (TPSA) is 273 Å². The van der Waals surface area contributed by atoms with Crippen molar-refractivity contribution >= 4 is 37.4 Å². The SMILES string of the molecule is O=C(O)C(=O)O.O=C(O)C(=O)O.O=C(O)O.[Li+].[Li+].[O-]B([O-])O. The monoisotopic (exact) mass is 316 g/mol. The van der Waals surface area contributed by atoms with Crippen LogP contribution in [0.25, 0.3) is 0 Å². The van der Waals surface area contributed by atoms with Crippen molar-refractivity contribution in [3.8, 4) is 0 Å². The fraction of sp³-hybridized carbons (Fsp3) is 0. The molecule has 0 aliphatic rings. The molecule has 0 atom stereocenters. The Bertz CT molecular complexity index is 287. The van der Waals surface area contributed by atoms with E-state index in [1.165, 1.54) is 0 Å². The van der Waals surface area contributed by atoms with Gasteiger partial charge < -0.3 is 45.7 Å². The predicted octanol–water partition coefficient (Wildman–Crippen LogP) is -10.8. The molecule has 0 aromatic carbocycles. The molecule has 17 heteroatoms. The summed E-state index contributed by atoms with van der Waals surface area (Å²) in [5.41, 5.74) is 0. The fourth-order valence-corrected chi connectivity index (χ4v) is 0.